The van der Waals surface area contributed by atoms with Gasteiger partial charge in [-0.15, -0.1) is 0 Å². The molecule has 0 fully saturated rings. The van der Waals surface area contributed by atoms with Gasteiger partial charge in [0.1, 0.15) is 5.75 Å². The third-order valence-corrected chi connectivity index (χ3v) is 2.85. The van der Waals surface area contributed by atoms with Gasteiger partial charge in [0.05, 0.1) is 19.4 Å². The van der Waals surface area contributed by atoms with E-state index in [4.69, 9.17) is 21.7 Å². The van der Waals surface area contributed by atoms with Crippen molar-refractivity contribution in [1.29, 1.82) is 0 Å². The maximum absolute atomic E-state index is 5.60. The molecule has 0 spiro atoms. The quantitative estimate of drug-likeness (QED) is 0.317. The first-order valence-electron chi connectivity index (χ1n) is 7.05. The van der Waals surface area contributed by atoms with E-state index in [1.165, 1.54) is 0 Å². The van der Waals surface area contributed by atoms with Crippen molar-refractivity contribution in [3.05, 3.63) is 29.8 Å². The Morgan fingerprint density at radius 3 is 2.71 bits per heavy atom. The van der Waals surface area contributed by atoms with Crippen molar-refractivity contribution in [1.82, 2.24) is 10.7 Å². The summed E-state index contributed by atoms with van der Waals surface area (Å²) in [5.74, 6) is 0.880. The van der Waals surface area contributed by atoms with Crippen LogP contribution in [0.2, 0.25) is 0 Å². The normalized spacial score (nSPS) is 10.6. The Bertz CT molecular complexity index is 435. The summed E-state index contributed by atoms with van der Waals surface area (Å²) in [4.78, 5) is 0. The number of ether oxygens (including phenoxy) is 2. The van der Waals surface area contributed by atoms with E-state index >= 15 is 0 Å². The van der Waals surface area contributed by atoms with Crippen LogP contribution in [0, 0.1) is 0 Å². The zero-order chi connectivity index (χ0) is 15.3. The molecule has 0 atom stereocenters. The summed E-state index contributed by atoms with van der Waals surface area (Å²) in [6.07, 6.45) is 3.91. The van der Waals surface area contributed by atoms with Gasteiger partial charge in [-0.05, 0) is 48.5 Å². The molecule has 6 heteroatoms. The molecule has 0 aliphatic carbocycles. The lowest BCUT2D eigenvalue weighted by atomic mass is 10.2. The van der Waals surface area contributed by atoms with Crippen LogP contribution in [0.3, 0.4) is 0 Å². The number of hydrazone groups is 1. The largest absolute Gasteiger partial charge is 0.494 e. The van der Waals surface area contributed by atoms with E-state index in [9.17, 15) is 0 Å². The lowest BCUT2D eigenvalue weighted by molar-refractivity contribution is 0.204. The lowest BCUT2D eigenvalue weighted by Crippen LogP contribution is -2.34. The van der Waals surface area contributed by atoms with Crippen LogP contribution in [0.1, 0.15) is 25.3 Å². The number of nitrogens with zero attached hydrogens (tertiary/aromatic N) is 1. The second kappa shape index (κ2) is 11.0. The molecule has 0 aliphatic rings. The number of nitrogens with one attached hydrogen (secondary N) is 2. The summed E-state index contributed by atoms with van der Waals surface area (Å²) < 4.78 is 10.5. The summed E-state index contributed by atoms with van der Waals surface area (Å²) in [6, 6.07) is 7.78. The Kier molecular flexibility index (Phi) is 9.15. The van der Waals surface area contributed by atoms with Crippen LogP contribution in [0.25, 0.3) is 0 Å². The fourth-order valence-electron chi connectivity index (χ4n) is 1.46. The summed E-state index contributed by atoms with van der Waals surface area (Å²) >= 11 is 5.05. The van der Waals surface area contributed by atoms with Crippen molar-refractivity contribution < 1.29 is 9.47 Å². The number of hydrogen-bond donors (Lipinski definition) is 2. The van der Waals surface area contributed by atoms with Gasteiger partial charge in [-0.1, -0.05) is 13.3 Å². The molecule has 21 heavy (non-hydrogen) atoms. The van der Waals surface area contributed by atoms with Crippen LogP contribution in [0.4, 0.5) is 0 Å². The number of thiocarbonyl (C=S) groups is 1. The van der Waals surface area contributed by atoms with E-state index in [0.29, 0.717) is 18.3 Å². The summed E-state index contributed by atoms with van der Waals surface area (Å²) in [5.41, 5.74) is 3.73. The van der Waals surface area contributed by atoms with Crippen LogP contribution < -0.4 is 15.5 Å². The molecule has 0 amide bonds. The predicted molar refractivity (Wildman–Crippen MR) is 90.1 cm³/mol. The summed E-state index contributed by atoms with van der Waals surface area (Å²) in [5, 5.41) is 7.51. The molecular weight excluding hydrogens is 286 g/mol. The molecule has 0 aliphatic heterocycles. The van der Waals surface area contributed by atoms with Crippen molar-refractivity contribution >= 4 is 23.5 Å². The van der Waals surface area contributed by atoms with Gasteiger partial charge in [-0.25, -0.2) is 0 Å². The molecule has 0 unspecified atom stereocenters. The molecule has 1 aromatic carbocycles. The smallest absolute Gasteiger partial charge is 0.187 e. The van der Waals surface area contributed by atoms with Crippen molar-refractivity contribution in [3.63, 3.8) is 0 Å². The first-order chi connectivity index (χ1) is 10.3. The molecular formula is C15H23N3O2S. The summed E-state index contributed by atoms with van der Waals surface area (Å²) in [6.45, 7) is 4.16. The molecule has 1 aromatic rings. The average Bonchev–Trinajstić information content (AvgIpc) is 2.49. The fraction of sp³-hybridized carbons (Fsp3) is 0.467. The fourth-order valence-corrected chi connectivity index (χ4v) is 1.61. The molecule has 116 valence electrons. The van der Waals surface area contributed by atoms with Gasteiger partial charge in [0.25, 0.3) is 0 Å². The number of methoxy groups -OCH3 is 1. The van der Waals surface area contributed by atoms with Gasteiger partial charge in [-0.3, -0.25) is 5.43 Å². The monoisotopic (exact) mass is 309 g/mol. The maximum atomic E-state index is 5.60. The van der Waals surface area contributed by atoms with Crippen molar-refractivity contribution in [2.45, 2.75) is 19.8 Å². The maximum Gasteiger partial charge on any atom is 0.187 e. The molecule has 0 bridgehead atoms. The number of benzene rings is 1. The van der Waals surface area contributed by atoms with Crippen LogP contribution >= 0.6 is 12.2 Å². The minimum absolute atomic E-state index is 0.475. The van der Waals surface area contributed by atoms with Crippen LogP contribution in [-0.4, -0.2) is 38.2 Å². The third kappa shape index (κ3) is 8.27. The highest BCUT2D eigenvalue weighted by Gasteiger charge is 1.94. The molecule has 0 saturated carbocycles. The van der Waals surface area contributed by atoms with Crippen LogP contribution in [0.5, 0.6) is 5.75 Å². The van der Waals surface area contributed by atoms with E-state index in [1.54, 1.807) is 13.3 Å². The van der Waals surface area contributed by atoms with Crippen molar-refractivity contribution in [2.75, 3.05) is 26.9 Å². The highest BCUT2D eigenvalue weighted by Crippen LogP contribution is 2.11. The van der Waals surface area contributed by atoms with Crippen LogP contribution in [0.15, 0.2) is 29.4 Å². The Balaban J connectivity index is 2.30. The Morgan fingerprint density at radius 2 is 2.05 bits per heavy atom. The Hall–Kier alpha value is -1.66. The minimum Gasteiger partial charge on any atom is -0.494 e. The Labute approximate surface area is 131 Å². The molecule has 0 radical (unpaired) electrons. The van der Waals surface area contributed by atoms with Crippen molar-refractivity contribution in [3.8, 4) is 5.75 Å². The lowest BCUT2D eigenvalue weighted by Gasteiger charge is -2.06. The van der Waals surface area contributed by atoms with E-state index in [0.717, 1.165) is 30.8 Å². The van der Waals surface area contributed by atoms with Gasteiger partial charge in [0, 0.05) is 13.7 Å². The zero-order valence-electron chi connectivity index (χ0n) is 12.6. The van der Waals surface area contributed by atoms with E-state index in [2.05, 4.69) is 22.8 Å². The van der Waals surface area contributed by atoms with Gasteiger partial charge < -0.3 is 14.8 Å². The molecule has 1 rings (SSSR count). The second-order valence-corrected chi connectivity index (χ2v) is 4.80. The van der Waals surface area contributed by atoms with E-state index < -0.39 is 0 Å². The molecule has 0 heterocycles. The molecule has 5 nitrogen and oxygen atoms in total. The summed E-state index contributed by atoms with van der Waals surface area (Å²) in [7, 11) is 1.64. The molecule has 0 saturated heterocycles. The average molecular weight is 309 g/mol. The first-order valence-corrected chi connectivity index (χ1v) is 7.45. The van der Waals surface area contributed by atoms with E-state index in [1.807, 2.05) is 24.3 Å². The van der Waals surface area contributed by atoms with Gasteiger partial charge in [0.2, 0.25) is 0 Å². The topological polar surface area (TPSA) is 54.9 Å². The molecule has 2 N–H and O–H groups in total. The highest BCUT2D eigenvalue weighted by molar-refractivity contribution is 7.80. The first kappa shape index (κ1) is 17.4. The van der Waals surface area contributed by atoms with E-state index in [-0.39, 0.29) is 0 Å². The van der Waals surface area contributed by atoms with Crippen LogP contribution in [-0.2, 0) is 4.74 Å². The highest BCUT2D eigenvalue weighted by atomic mass is 32.1. The van der Waals surface area contributed by atoms with Gasteiger partial charge >= 0.3 is 0 Å². The second-order valence-electron chi connectivity index (χ2n) is 4.39. The van der Waals surface area contributed by atoms with Gasteiger partial charge in [-0.2, -0.15) is 5.10 Å². The molecule has 0 aromatic heterocycles. The van der Waals surface area contributed by atoms with Crippen molar-refractivity contribution in [2.24, 2.45) is 5.10 Å². The number of hydrogen-bond acceptors (Lipinski definition) is 4. The predicted octanol–water partition coefficient (Wildman–Crippen LogP) is 2.31. The van der Waals surface area contributed by atoms with Gasteiger partial charge in [0.15, 0.2) is 5.11 Å². The third-order valence-electron chi connectivity index (χ3n) is 2.62. The SMILES string of the molecule is CCCCOc1ccc(/C=N\NC(=S)NCCOC)cc1. The minimum atomic E-state index is 0.475. The number of rotatable bonds is 9. The number of unbranched alkanes of at least 4 members (excludes halogenated alkanes) is 1. The Morgan fingerprint density at radius 1 is 1.29 bits per heavy atom. The standard InChI is InChI=1S/C15H23N3O2S/c1-3-4-10-20-14-7-5-13(6-8-14)12-17-18-15(21)16-9-11-19-2/h5-8,12H,3-4,9-11H2,1-2H3,(H2,16,18,21)/b17-12-. The zero-order valence-corrected chi connectivity index (χ0v) is 13.4.